The zero-order valence-corrected chi connectivity index (χ0v) is 17.2. The number of methoxy groups -OCH3 is 1. The normalized spacial score (nSPS) is 10.5. The predicted octanol–water partition coefficient (Wildman–Crippen LogP) is 6.54. The molecular weight excluding hydrogens is 447 g/mol. The topological polar surface area (TPSA) is 64.4 Å². The minimum absolute atomic E-state index is 0.0940. The van der Waals surface area contributed by atoms with Crippen molar-refractivity contribution in [1.29, 1.82) is 0 Å². The molecule has 28 heavy (non-hydrogen) atoms. The van der Waals surface area contributed by atoms with Crippen LogP contribution in [0.5, 0.6) is 5.75 Å². The van der Waals surface area contributed by atoms with Crippen molar-refractivity contribution >= 4 is 44.8 Å². The summed E-state index contributed by atoms with van der Waals surface area (Å²) in [5.74, 6) is 0.572. The molecule has 0 aliphatic heterocycles. The molecule has 0 saturated heterocycles. The lowest BCUT2D eigenvalue weighted by atomic mass is 10.2. The van der Waals surface area contributed by atoms with E-state index in [1.165, 1.54) is 37.1 Å². The van der Waals surface area contributed by atoms with Crippen molar-refractivity contribution in [3.8, 4) is 5.75 Å². The Labute approximate surface area is 174 Å². The van der Waals surface area contributed by atoms with Gasteiger partial charge in [0.1, 0.15) is 17.3 Å². The summed E-state index contributed by atoms with van der Waals surface area (Å²) in [6.07, 6.45) is 0. The van der Waals surface area contributed by atoms with Crippen molar-refractivity contribution in [3.05, 3.63) is 86.6 Å². The number of nitrogens with one attached hydrogen (secondary N) is 1. The maximum Gasteiger partial charge on any atom is 0.293 e. The number of nitro groups is 1. The molecule has 0 saturated carbocycles. The van der Waals surface area contributed by atoms with E-state index < -0.39 is 10.7 Å². The number of ether oxygens (including phenoxy) is 1. The van der Waals surface area contributed by atoms with Crippen LogP contribution in [0.4, 0.5) is 21.5 Å². The van der Waals surface area contributed by atoms with Crippen molar-refractivity contribution in [2.75, 3.05) is 12.4 Å². The molecule has 8 heteroatoms. The molecule has 0 bridgehead atoms. The van der Waals surface area contributed by atoms with Gasteiger partial charge < -0.3 is 10.1 Å². The quantitative estimate of drug-likeness (QED) is 0.245. The van der Waals surface area contributed by atoms with Gasteiger partial charge in [0.15, 0.2) is 0 Å². The van der Waals surface area contributed by atoms with Crippen LogP contribution in [0.15, 0.2) is 70.0 Å². The molecule has 0 spiro atoms. The third kappa shape index (κ3) is 4.82. The molecule has 0 aliphatic carbocycles. The van der Waals surface area contributed by atoms with Crippen LogP contribution in [0.1, 0.15) is 5.56 Å². The minimum atomic E-state index is -0.499. The Bertz CT molecular complexity index is 1000. The molecule has 0 fully saturated rings. The zero-order chi connectivity index (χ0) is 20.1. The zero-order valence-electron chi connectivity index (χ0n) is 14.8. The maximum atomic E-state index is 13.9. The Morgan fingerprint density at radius 1 is 1.14 bits per heavy atom. The van der Waals surface area contributed by atoms with Crippen LogP contribution in [0, 0.1) is 15.9 Å². The third-order valence-corrected chi connectivity index (χ3v) is 5.60. The first kappa shape index (κ1) is 20.2. The number of rotatable bonds is 7. The summed E-state index contributed by atoms with van der Waals surface area (Å²) in [5.41, 5.74) is 1.60. The Hall–Kier alpha value is -2.58. The Balaban J connectivity index is 1.86. The summed E-state index contributed by atoms with van der Waals surface area (Å²) in [6.45, 7) is 0. The molecule has 3 aromatic carbocycles. The lowest BCUT2D eigenvalue weighted by molar-refractivity contribution is -0.384. The van der Waals surface area contributed by atoms with Crippen LogP contribution in [-0.2, 0) is 5.75 Å². The molecule has 0 atom stereocenters. The van der Waals surface area contributed by atoms with Crippen LogP contribution in [-0.4, -0.2) is 12.0 Å². The van der Waals surface area contributed by atoms with Gasteiger partial charge in [-0.25, -0.2) is 4.39 Å². The molecule has 0 aliphatic rings. The van der Waals surface area contributed by atoms with Crippen molar-refractivity contribution in [3.63, 3.8) is 0 Å². The van der Waals surface area contributed by atoms with Gasteiger partial charge in [-0.2, -0.15) is 0 Å². The average molecular weight is 463 g/mol. The van der Waals surface area contributed by atoms with Gasteiger partial charge in [0.05, 0.1) is 22.2 Å². The van der Waals surface area contributed by atoms with Crippen molar-refractivity contribution < 1.29 is 14.1 Å². The lowest BCUT2D eigenvalue weighted by Gasteiger charge is -2.13. The van der Waals surface area contributed by atoms with Gasteiger partial charge in [0, 0.05) is 22.8 Å². The SMILES string of the molecule is COc1cc(Br)c(F)cc1Nc1ccc(SCc2ccccc2)cc1[N+](=O)[O-]. The minimum Gasteiger partial charge on any atom is -0.495 e. The number of anilines is 2. The van der Waals surface area contributed by atoms with Crippen molar-refractivity contribution in [2.24, 2.45) is 0 Å². The number of thioether (sulfide) groups is 1. The highest BCUT2D eigenvalue weighted by atomic mass is 79.9. The summed E-state index contributed by atoms with van der Waals surface area (Å²) in [4.78, 5) is 11.9. The fourth-order valence-corrected chi connectivity index (χ4v) is 3.75. The number of hydrogen-bond donors (Lipinski definition) is 1. The molecule has 3 rings (SSSR count). The van der Waals surface area contributed by atoms with Gasteiger partial charge in [-0.3, -0.25) is 10.1 Å². The molecule has 3 aromatic rings. The Morgan fingerprint density at radius 2 is 1.89 bits per heavy atom. The van der Waals surface area contributed by atoms with E-state index in [9.17, 15) is 14.5 Å². The van der Waals surface area contributed by atoms with Crippen molar-refractivity contribution in [2.45, 2.75) is 10.6 Å². The largest absolute Gasteiger partial charge is 0.495 e. The summed E-state index contributed by atoms with van der Waals surface area (Å²) >= 11 is 4.61. The van der Waals surface area contributed by atoms with Gasteiger partial charge >= 0.3 is 0 Å². The molecule has 144 valence electrons. The molecule has 0 heterocycles. The van der Waals surface area contributed by atoms with Crippen LogP contribution in [0.3, 0.4) is 0 Å². The Kier molecular flexibility index (Phi) is 6.53. The average Bonchev–Trinajstić information content (AvgIpc) is 2.70. The molecule has 1 N–H and O–H groups in total. The van der Waals surface area contributed by atoms with Gasteiger partial charge in [-0.1, -0.05) is 30.3 Å². The molecular formula is C20H16BrFN2O3S. The van der Waals surface area contributed by atoms with Gasteiger partial charge in [-0.05, 0) is 39.7 Å². The van der Waals surface area contributed by atoms with E-state index in [1.54, 1.807) is 12.1 Å². The van der Waals surface area contributed by atoms with Gasteiger partial charge in [-0.15, -0.1) is 11.8 Å². The predicted molar refractivity (Wildman–Crippen MR) is 113 cm³/mol. The molecule has 0 unspecified atom stereocenters. The van der Waals surface area contributed by atoms with Crippen molar-refractivity contribution in [1.82, 2.24) is 0 Å². The second kappa shape index (κ2) is 9.07. The third-order valence-electron chi connectivity index (χ3n) is 3.93. The monoisotopic (exact) mass is 462 g/mol. The standard InChI is InChI=1S/C20H16BrFN2O3S/c1-27-20-10-15(21)16(22)11-18(20)23-17-8-7-14(9-19(17)24(25)26)28-12-13-5-3-2-4-6-13/h2-11,23H,12H2,1H3. The lowest BCUT2D eigenvalue weighted by Crippen LogP contribution is -2.00. The maximum absolute atomic E-state index is 13.9. The number of nitrogens with zero attached hydrogens (tertiary/aromatic N) is 1. The number of benzene rings is 3. The van der Waals surface area contributed by atoms with E-state index in [1.807, 2.05) is 30.3 Å². The van der Waals surface area contributed by atoms with E-state index in [-0.39, 0.29) is 15.8 Å². The molecule has 0 amide bonds. The highest BCUT2D eigenvalue weighted by Crippen LogP contribution is 2.37. The van der Waals surface area contributed by atoms with Crippen LogP contribution in [0.25, 0.3) is 0 Å². The number of hydrogen-bond acceptors (Lipinski definition) is 5. The van der Waals surface area contributed by atoms with E-state index in [4.69, 9.17) is 4.74 Å². The van der Waals surface area contributed by atoms with E-state index in [0.29, 0.717) is 17.2 Å². The first-order valence-electron chi connectivity index (χ1n) is 8.23. The first-order valence-corrected chi connectivity index (χ1v) is 10.0. The van der Waals surface area contributed by atoms with Gasteiger partial charge in [0.25, 0.3) is 5.69 Å². The second-order valence-corrected chi connectivity index (χ2v) is 7.71. The van der Waals surface area contributed by atoms with Gasteiger partial charge in [0.2, 0.25) is 0 Å². The fraction of sp³-hybridized carbons (Fsp3) is 0.100. The second-order valence-electron chi connectivity index (χ2n) is 5.80. The highest BCUT2D eigenvalue weighted by Gasteiger charge is 2.18. The van der Waals surface area contributed by atoms with E-state index in [0.717, 1.165) is 10.5 Å². The molecule has 0 aromatic heterocycles. The van der Waals surface area contributed by atoms with E-state index in [2.05, 4.69) is 21.2 Å². The fourth-order valence-electron chi connectivity index (χ4n) is 2.54. The summed E-state index contributed by atoms with van der Waals surface area (Å²) in [5, 5.41) is 14.5. The molecule has 5 nitrogen and oxygen atoms in total. The number of halogens is 2. The van der Waals surface area contributed by atoms with Crippen LogP contribution >= 0.6 is 27.7 Å². The first-order chi connectivity index (χ1) is 13.5. The smallest absolute Gasteiger partial charge is 0.293 e. The van der Waals surface area contributed by atoms with Crippen LogP contribution in [0.2, 0.25) is 0 Å². The highest BCUT2D eigenvalue weighted by molar-refractivity contribution is 9.10. The van der Waals surface area contributed by atoms with E-state index >= 15 is 0 Å². The number of nitro benzene ring substituents is 1. The van der Waals surface area contributed by atoms with Crippen LogP contribution < -0.4 is 10.1 Å². The summed E-state index contributed by atoms with van der Waals surface area (Å²) in [7, 11) is 1.45. The molecule has 0 radical (unpaired) electrons. The summed E-state index contributed by atoms with van der Waals surface area (Å²) in [6, 6.07) is 17.5. The Morgan fingerprint density at radius 3 is 2.57 bits per heavy atom. The summed E-state index contributed by atoms with van der Waals surface area (Å²) < 4.78 is 19.4.